The molecule has 1 aliphatic rings. The lowest BCUT2D eigenvalue weighted by Gasteiger charge is -2.37. The van der Waals surface area contributed by atoms with Crippen LogP contribution in [0.5, 0.6) is 0 Å². The molecule has 1 atom stereocenters. The summed E-state index contributed by atoms with van der Waals surface area (Å²) in [4.78, 5) is 8.81. The minimum absolute atomic E-state index is 0.0477. The average Bonchev–Trinajstić information content (AvgIpc) is 2.42. The largest absolute Gasteiger partial charge is 0.397 e. The molecule has 1 saturated heterocycles. The van der Waals surface area contributed by atoms with Crippen LogP contribution in [0, 0.1) is 11.3 Å². The predicted octanol–water partition coefficient (Wildman–Crippen LogP) is 1.09. The van der Waals surface area contributed by atoms with Crippen molar-refractivity contribution in [3.05, 3.63) is 18.3 Å². The molecule has 0 spiro atoms. The first kappa shape index (κ1) is 12.7. The van der Waals surface area contributed by atoms with Crippen molar-refractivity contribution in [2.75, 3.05) is 36.8 Å². The molecular formula is C13H19N5. The number of nitrogens with two attached hydrogens (primary N) is 1. The van der Waals surface area contributed by atoms with Gasteiger partial charge in [-0.15, -0.1) is 0 Å². The number of nitriles is 1. The van der Waals surface area contributed by atoms with Gasteiger partial charge < -0.3 is 10.6 Å². The monoisotopic (exact) mass is 245 g/mol. The van der Waals surface area contributed by atoms with Crippen LogP contribution >= 0.6 is 0 Å². The molecule has 0 amide bonds. The van der Waals surface area contributed by atoms with Gasteiger partial charge in [-0.3, -0.25) is 4.90 Å². The van der Waals surface area contributed by atoms with Crippen molar-refractivity contribution >= 4 is 11.5 Å². The van der Waals surface area contributed by atoms with Crippen molar-refractivity contribution in [3.8, 4) is 6.07 Å². The van der Waals surface area contributed by atoms with E-state index in [0.717, 1.165) is 38.4 Å². The van der Waals surface area contributed by atoms with Crippen LogP contribution in [0.25, 0.3) is 0 Å². The van der Waals surface area contributed by atoms with Crippen molar-refractivity contribution < 1.29 is 0 Å². The third kappa shape index (κ3) is 2.71. The van der Waals surface area contributed by atoms with E-state index in [1.54, 1.807) is 6.20 Å². The molecule has 0 bridgehead atoms. The topological polar surface area (TPSA) is 69.2 Å². The van der Waals surface area contributed by atoms with Gasteiger partial charge in [0, 0.05) is 26.2 Å². The van der Waals surface area contributed by atoms with Crippen molar-refractivity contribution in [2.45, 2.75) is 19.4 Å². The summed E-state index contributed by atoms with van der Waals surface area (Å²) < 4.78 is 0. The van der Waals surface area contributed by atoms with E-state index >= 15 is 0 Å². The molecule has 2 rings (SSSR count). The second kappa shape index (κ2) is 5.69. The maximum Gasteiger partial charge on any atom is 0.128 e. The molecule has 0 radical (unpaired) electrons. The smallest absolute Gasteiger partial charge is 0.128 e. The van der Waals surface area contributed by atoms with Gasteiger partial charge in [-0.25, -0.2) is 4.98 Å². The Balaban J connectivity index is 1.94. The Morgan fingerprint density at radius 2 is 2.11 bits per heavy atom. The summed E-state index contributed by atoms with van der Waals surface area (Å²) in [5.74, 6) is 0.967. The summed E-state index contributed by atoms with van der Waals surface area (Å²) in [5.41, 5.74) is 6.32. The normalized spacial score (nSPS) is 18.3. The highest BCUT2D eigenvalue weighted by Crippen LogP contribution is 2.16. The average molecular weight is 245 g/mol. The number of aromatic nitrogens is 1. The highest BCUT2D eigenvalue weighted by Gasteiger charge is 2.22. The van der Waals surface area contributed by atoms with E-state index < -0.39 is 0 Å². The zero-order valence-corrected chi connectivity index (χ0v) is 10.7. The van der Waals surface area contributed by atoms with Crippen LogP contribution in [0.3, 0.4) is 0 Å². The standard InChI is InChI=1S/C13H19N5/c1-2-12(9-14)17-5-7-18(8-6-17)13-4-3-11(15)10-16-13/h3-4,10,12H,2,5-8,15H2,1H3. The van der Waals surface area contributed by atoms with Gasteiger partial charge in [-0.1, -0.05) is 6.92 Å². The van der Waals surface area contributed by atoms with E-state index in [9.17, 15) is 0 Å². The highest BCUT2D eigenvalue weighted by molar-refractivity contribution is 5.46. The van der Waals surface area contributed by atoms with Gasteiger partial charge in [0.15, 0.2) is 0 Å². The van der Waals surface area contributed by atoms with Crippen molar-refractivity contribution in [2.24, 2.45) is 0 Å². The molecule has 1 fully saturated rings. The maximum atomic E-state index is 9.06. The summed E-state index contributed by atoms with van der Waals surface area (Å²) >= 11 is 0. The summed E-state index contributed by atoms with van der Waals surface area (Å²) in [7, 11) is 0. The summed E-state index contributed by atoms with van der Waals surface area (Å²) in [6.45, 7) is 5.71. The van der Waals surface area contributed by atoms with Crippen LogP contribution in [0.1, 0.15) is 13.3 Å². The zero-order chi connectivity index (χ0) is 13.0. The van der Waals surface area contributed by atoms with E-state index in [0.29, 0.717) is 5.69 Å². The predicted molar refractivity (Wildman–Crippen MR) is 72.1 cm³/mol. The van der Waals surface area contributed by atoms with Gasteiger partial charge >= 0.3 is 0 Å². The Labute approximate surface area is 108 Å². The Morgan fingerprint density at radius 1 is 1.39 bits per heavy atom. The summed E-state index contributed by atoms with van der Waals surface area (Å²) in [6.07, 6.45) is 2.57. The lowest BCUT2D eigenvalue weighted by Crippen LogP contribution is -2.50. The fraction of sp³-hybridized carbons (Fsp3) is 0.538. The van der Waals surface area contributed by atoms with E-state index in [-0.39, 0.29) is 6.04 Å². The van der Waals surface area contributed by atoms with Crippen molar-refractivity contribution in [1.82, 2.24) is 9.88 Å². The summed E-state index contributed by atoms with van der Waals surface area (Å²) in [5, 5.41) is 9.06. The summed E-state index contributed by atoms with van der Waals surface area (Å²) in [6, 6.07) is 6.23. The van der Waals surface area contributed by atoms with Gasteiger partial charge in [0.1, 0.15) is 5.82 Å². The fourth-order valence-electron chi connectivity index (χ4n) is 2.28. The maximum absolute atomic E-state index is 9.06. The number of anilines is 2. The molecule has 1 aromatic rings. The first-order chi connectivity index (χ1) is 8.74. The number of piperazine rings is 1. The molecule has 5 heteroatoms. The van der Waals surface area contributed by atoms with Gasteiger partial charge in [0.05, 0.1) is 24.0 Å². The first-order valence-electron chi connectivity index (χ1n) is 6.34. The van der Waals surface area contributed by atoms with Crippen LogP contribution in [-0.4, -0.2) is 42.1 Å². The van der Waals surface area contributed by atoms with Gasteiger partial charge in [0.2, 0.25) is 0 Å². The lowest BCUT2D eigenvalue weighted by atomic mass is 10.2. The van der Waals surface area contributed by atoms with E-state index in [2.05, 4.69) is 27.8 Å². The molecule has 0 saturated carbocycles. The second-order valence-electron chi connectivity index (χ2n) is 4.53. The Kier molecular flexibility index (Phi) is 4.00. The van der Waals surface area contributed by atoms with Crippen LogP contribution in [0.2, 0.25) is 0 Å². The van der Waals surface area contributed by atoms with E-state index in [4.69, 9.17) is 11.0 Å². The number of nitrogen functional groups attached to an aromatic ring is 1. The van der Waals surface area contributed by atoms with Crippen LogP contribution in [-0.2, 0) is 0 Å². The Bertz CT molecular complexity index is 414. The SMILES string of the molecule is CCC(C#N)N1CCN(c2ccc(N)cn2)CC1. The molecule has 0 aliphatic carbocycles. The van der Waals surface area contributed by atoms with Crippen LogP contribution in [0.4, 0.5) is 11.5 Å². The first-order valence-corrected chi connectivity index (χ1v) is 6.34. The Morgan fingerprint density at radius 3 is 2.61 bits per heavy atom. The van der Waals surface area contributed by atoms with E-state index in [1.807, 2.05) is 12.1 Å². The number of rotatable bonds is 3. The molecule has 0 aromatic carbocycles. The lowest BCUT2D eigenvalue weighted by molar-refractivity contribution is 0.216. The highest BCUT2D eigenvalue weighted by atomic mass is 15.3. The number of hydrogen-bond donors (Lipinski definition) is 1. The Hall–Kier alpha value is -1.80. The molecule has 2 N–H and O–H groups in total. The molecule has 1 aromatic heterocycles. The van der Waals surface area contributed by atoms with Gasteiger partial charge in [-0.2, -0.15) is 5.26 Å². The van der Waals surface area contributed by atoms with Gasteiger partial charge in [0.25, 0.3) is 0 Å². The molecular weight excluding hydrogens is 226 g/mol. The molecule has 1 unspecified atom stereocenters. The third-order valence-electron chi connectivity index (χ3n) is 3.39. The van der Waals surface area contributed by atoms with E-state index in [1.165, 1.54) is 0 Å². The number of hydrogen-bond acceptors (Lipinski definition) is 5. The minimum Gasteiger partial charge on any atom is -0.397 e. The molecule has 2 heterocycles. The fourth-order valence-corrected chi connectivity index (χ4v) is 2.28. The molecule has 18 heavy (non-hydrogen) atoms. The quantitative estimate of drug-likeness (QED) is 0.863. The number of nitrogens with zero attached hydrogens (tertiary/aromatic N) is 4. The molecule has 96 valence electrons. The number of pyridine rings is 1. The van der Waals surface area contributed by atoms with Crippen LogP contribution in [0.15, 0.2) is 18.3 Å². The minimum atomic E-state index is 0.0477. The zero-order valence-electron chi connectivity index (χ0n) is 10.7. The van der Waals surface area contributed by atoms with Crippen molar-refractivity contribution in [1.29, 1.82) is 5.26 Å². The van der Waals surface area contributed by atoms with Crippen LogP contribution < -0.4 is 10.6 Å². The second-order valence-corrected chi connectivity index (χ2v) is 4.53. The third-order valence-corrected chi connectivity index (χ3v) is 3.39. The van der Waals surface area contributed by atoms with Gasteiger partial charge in [-0.05, 0) is 18.6 Å². The van der Waals surface area contributed by atoms with Crippen molar-refractivity contribution in [3.63, 3.8) is 0 Å². The molecule has 1 aliphatic heterocycles. The molecule has 5 nitrogen and oxygen atoms in total.